The number of rotatable bonds is 4. The molecule has 1 aliphatic carbocycles. The van der Waals surface area contributed by atoms with Gasteiger partial charge in [0.15, 0.2) is 0 Å². The molecule has 3 nitrogen and oxygen atoms in total. The first-order chi connectivity index (χ1) is 9.03. The summed E-state index contributed by atoms with van der Waals surface area (Å²) in [6.45, 7) is 4.92. The summed E-state index contributed by atoms with van der Waals surface area (Å²) in [5, 5.41) is 13.6. The van der Waals surface area contributed by atoms with E-state index in [2.05, 4.69) is 31.0 Å². The summed E-state index contributed by atoms with van der Waals surface area (Å²) in [6, 6.07) is 1.99. The van der Waals surface area contributed by atoms with E-state index in [0.717, 1.165) is 16.9 Å². The highest BCUT2D eigenvalue weighted by molar-refractivity contribution is 7.10. The monoisotopic (exact) mass is 277 g/mol. The van der Waals surface area contributed by atoms with Gasteiger partial charge in [0, 0.05) is 28.2 Å². The lowest BCUT2D eigenvalue weighted by molar-refractivity contribution is -0.123. The van der Waals surface area contributed by atoms with E-state index in [-0.39, 0.29) is 23.8 Å². The van der Waals surface area contributed by atoms with Gasteiger partial charge >= 0.3 is 0 Å². The molecule has 0 aliphatic heterocycles. The number of hydrogen-bond acceptors (Lipinski definition) is 3. The first kappa shape index (κ1) is 14.1. The number of nitrogens with one attached hydrogen (secondary N) is 1. The molecule has 19 heavy (non-hydrogen) atoms. The molecule has 1 atom stereocenters. The Morgan fingerprint density at radius 3 is 3.00 bits per heavy atom. The van der Waals surface area contributed by atoms with Gasteiger partial charge in [0.2, 0.25) is 5.91 Å². The Morgan fingerprint density at radius 2 is 2.37 bits per heavy atom. The predicted octanol–water partition coefficient (Wildman–Crippen LogP) is 2.14. The van der Waals surface area contributed by atoms with Crippen molar-refractivity contribution in [1.29, 1.82) is 0 Å². The number of carbonyl (C=O) groups excluding carboxylic acids is 1. The molecular formula is C15H19NO2S. The van der Waals surface area contributed by atoms with Crippen LogP contribution in [0, 0.1) is 23.2 Å². The maximum absolute atomic E-state index is 11.8. The lowest BCUT2D eigenvalue weighted by atomic mass is 10.1. The van der Waals surface area contributed by atoms with Gasteiger partial charge in [0.25, 0.3) is 0 Å². The molecule has 1 unspecified atom stereocenters. The molecule has 0 bridgehead atoms. The van der Waals surface area contributed by atoms with Gasteiger partial charge in [-0.1, -0.05) is 25.7 Å². The summed E-state index contributed by atoms with van der Waals surface area (Å²) in [4.78, 5) is 13.0. The third-order valence-corrected chi connectivity index (χ3v) is 4.33. The van der Waals surface area contributed by atoms with Gasteiger partial charge in [-0.05, 0) is 17.9 Å². The average molecular weight is 277 g/mol. The third-order valence-electron chi connectivity index (χ3n) is 3.39. The minimum Gasteiger partial charge on any atom is -0.395 e. The quantitative estimate of drug-likeness (QED) is 0.829. The maximum Gasteiger partial charge on any atom is 0.223 e. The maximum atomic E-state index is 11.8. The Hall–Kier alpha value is -1.31. The van der Waals surface area contributed by atoms with Crippen molar-refractivity contribution < 1.29 is 9.90 Å². The topological polar surface area (TPSA) is 49.3 Å². The largest absolute Gasteiger partial charge is 0.395 e. The van der Waals surface area contributed by atoms with E-state index in [1.165, 1.54) is 0 Å². The van der Waals surface area contributed by atoms with Crippen LogP contribution in [0.4, 0.5) is 0 Å². The van der Waals surface area contributed by atoms with E-state index < -0.39 is 0 Å². The molecule has 1 heterocycles. The fourth-order valence-corrected chi connectivity index (χ4v) is 2.73. The molecule has 1 amide bonds. The van der Waals surface area contributed by atoms with Gasteiger partial charge in [-0.3, -0.25) is 4.79 Å². The van der Waals surface area contributed by atoms with Crippen molar-refractivity contribution in [3.8, 4) is 11.8 Å². The van der Waals surface area contributed by atoms with Crippen LogP contribution in [0.15, 0.2) is 11.4 Å². The minimum absolute atomic E-state index is 0.0945. The third kappa shape index (κ3) is 3.82. The van der Waals surface area contributed by atoms with E-state index in [9.17, 15) is 4.79 Å². The zero-order valence-corrected chi connectivity index (χ0v) is 12.1. The van der Waals surface area contributed by atoms with Crippen LogP contribution in [0.3, 0.4) is 0 Å². The zero-order chi connectivity index (χ0) is 13.9. The Labute approximate surface area is 118 Å². The molecule has 102 valence electrons. The van der Waals surface area contributed by atoms with E-state index in [4.69, 9.17) is 5.11 Å². The molecule has 1 fully saturated rings. The normalized spacial score (nSPS) is 19.4. The highest BCUT2D eigenvalue weighted by atomic mass is 32.1. The number of aliphatic hydroxyl groups excluding tert-OH is 1. The number of carbonyl (C=O) groups is 1. The fraction of sp³-hybridized carbons (Fsp3) is 0.533. The molecule has 1 aliphatic rings. The first-order valence-electron chi connectivity index (χ1n) is 6.48. The van der Waals surface area contributed by atoms with Gasteiger partial charge in [-0.15, -0.1) is 11.3 Å². The second-order valence-electron chi connectivity index (χ2n) is 5.54. The van der Waals surface area contributed by atoms with Crippen molar-refractivity contribution in [2.45, 2.75) is 33.2 Å². The second kappa shape index (κ2) is 5.77. The van der Waals surface area contributed by atoms with Crippen LogP contribution in [0.2, 0.25) is 0 Å². The van der Waals surface area contributed by atoms with Crippen LogP contribution >= 0.6 is 11.3 Å². The Morgan fingerprint density at radius 1 is 1.63 bits per heavy atom. The summed E-state index contributed by atoms with van der Waals surface area (Å²) in [6.07, 6.45) is 1.49. The highest BCUT2D eigenvalue weighted by Crippen LogP contribution is 2.51. The minimum atomic E-state index is 0.0945. The van der Waals surface area contributed by atoms with Gasteiger partial charge in [-0.2, -0.15) is 0 Å². The van der Waals surface area contributed by atoms with Crippen LogP contribution in [-0.2, 0) is 11.3 Å². The van der Waals surface area contributed by atoms with Crippen molar-refractivity contribution in [3.05, 3.63) is 21.9 Å². The average Bonchev–Trinajstić information content (AvgIpc) is 2.81. The van der Waals surface area contributed by atoms with Crippen molar-refractivity contribution in [3.63, 3.8) is 0 Å². The predicted molar refractivity (Wildman–Crippen MR) is 76.6 cm³/mol. The molecule has 4 heteroatoms. The SMILES string of the molecule is CC1(C)CC1C(=O)NCc1cc(C#CCCO)cs1. The smallest absolute Gasteiger partial charge is 0.223 e. The van der Waals surface area contributed by atoms with Crippen LogP contribution < -0.4 is 5.32 Å². The van der Waals surface area contributed by atoms with Crippen LogP contribution in [0.25, 0.3) is 0 Å². The van der Waals surface area contributed by atoms with Gasteiger partial charge < -0.3 is 10.4 Å². The number of thiophene rings is 1. The Kier molecular flexibility index (Phi) is 4.28. The molecule has 1 saturated carbocycles. The fourth-order valence-electron chi connectivity index (χ4n) is 1.97. The van der Waals surface area contributed by atoms with Crippen LogP contribution in [-0.4, -0.2) is 17.6 Å². The number of aliphatic hydroxyl groups is 1. The molecule has 0 aromatic carbocycles. The molecule has 2 N–H and O–H groups in total. The molecular weight excluding hydrogens is 258 g/mol. The zero-order valence-electron chi connectivity index (χ0n) is 11.3. The molecule has 0 spiro atoms. The Balaban J connectivity index is 1.81. The highest BCUT2D eigenvalue weighted by Gasteiger charge is 2.50. The molecule has 2 rings (SSSR count). The van der Waals surface area contributed by atoms with E-state index in [1.54, 1.807) is 11.3 Å². The van der Waals surface area contributed by atoms with E-state index in [1.807, 2.05) is 11.4 Å². The van der Waals surface area contributed by atoms with Gasteiger partial charge in [0.1, 0.15) is 0 Å². The number of hydrogen-bond donors (Lipinski definition) is 2. The van der Waals surface area contributed by atoms with Crippen LogP contribution in [0.5, 0.6) is 0 Å². The Bertz CT molecular complexity index is 522. The van der Waals surface area contributed by atoms with E-state index >= 15 is 0 Å². The summed E-state index contributed by atoms with van der Waals surface area (Å²) in [5.74, 6) is 6.21. The van der Waals surface area contributed by atoms with Crippen molar-refractivity contribution >= 4 is 17.2 Å². The second-order valence-corrected chi connectivity index (χ2v) is 6.54. The molecule has 0 radical (unpaired) electrons. The van der Waals surface area contributed by atoms with Gasteiger partial charge in [0.05, 0.1) is 13.2 Å². The lowest BCUT2D eigenvalue weighted by Gasteiger charge is -2.04. The summed E-state index contributed by atoms with van der Waals surface area (Å²) < 4.78 is 0. The molecule has 0 saturated heterocycles. The standard InChI is InChI=1S/C15H19NO2S/c1-15(2)8-13(15)14(18)16-9-12-7-11(10-19-12)5-3-4-6-17/h7,10,13,17H,4,6,8-9H2,1-2H3,(H,16,18). The lowest BCUT2D eigenvalue weighted by Crippen LogP contribution is -2.25. The number of amides is 1. The summed E-state index contributed by atoms with van der Waals surface area (Å²) >= 11 is 1.60. The molecule has 1 aromatic rings. The van der Waals surface area contributed by atoms with Crippen molar-refractivity contribution in [2.24, 2.45) is 11.3 Å². The first-order valence-corrected chi connectivity index (χ1v) is 7.36. The van der Waals surface area contributed by atoms with E-state index in [0.29, 0.717) is 13.0 Å². The van der Waals surface area contributed by atoms with Gasteiger partial charge in [-0.25, -0.2) is 0 Å². The summed E-state index contributed by atoms with van der Waals surface area (Å²) in [5.41, 5.74) is 1.13. The summed E-state index contributed by atoms with van der Waals surface area (Å²) in [7, 11) is 0. The van der Waals surface area contributed by atoms with Crippen LogP contribution in [0.1, 0.15) is 37.1 Å². The van der Waals surface area contributed by atoms with Crippen molar-refractivity contribution in [2.75, 3.05) is 6.61 Å². The molecule has 1 aromatic heterocycles. The van der Waals surface area contributed by atoms with Crippen molar-refractivity contribution in [1.82, 2.24) is 5.32 Å².